The van der Waals surface area contributed by atoms with E-state index in [1.165, 1.54) is 0 Å². The Morgan fingerprint density at radius 1 is 1.32 bits per heavy atom. The summed E-state index contributed by atoms with van der Waals surface area (Å²) >= 11 is 6.03. The highest BCUT2D eigenvalue weighted by atomic mass is 35.5. The van der Waals surface area contributed by atoms with E-state index in [-0.39, 0.29) is 18.4 Å². The van der Waals surface area contributed by atoms with Gasteiger partial charge in [0.1, 0.15) is 11.9 Å². The highest BCUT2D eigenvalue weighted by Gasteiger charge is 2.33. The average molecular weight is 327 g/mol. The van der Waals surface area contributed by atoms with Crippen LogP contribution in [0.5, 0.6) is 5.75 Å². The maximum absolute atomic E-state index is 11.9. The van der Waals surface area contributed by atoms with Gasteiger partial charge in [0, 0.05) is 13.0 Å². The van der Waals surface area contributed by atoms with Crippen molar-refractivity contribution in [2.45, 2.75) is 31.7 Å². The van der Waals surface area contributed by atoms with Gasteiger partial charge in [0.05, 0.1) is 18.1 Å². The number of benzene rings is 1. The van der Waals surface area contributed by atoms with Crippen LogP contribution in [-0.2, 0) is 9.57 Å². The number of hydrogen-bond acceptors (Lipinski definition) is 4. The van der Waals surface area contributed by atoms with Crippen LogP contribution in [0, 0.1) is 0 Å². The summed E-state index contributed by atoms with van der Waals surface area (Å²) < 4.78 is 11.1. The third-order valence-electron chi connectivity index (χ3n) is 3.68. The van der Waals surface area contributed by atoms with Crippen LogP contribution in [0.25, 0.3) is 0 Å². The molecule has 2 saturated heterocycles. The van der Waals surface area contributed by atoms with Gasteiger partial charge in [-0.3, -0.25) is 0 Å². The van der Waals surface area contributed by atoms with Gasteiger partial charge in [-0.15, -0.1) is 0 Å². The van der Waals surface area contributed by atoms with Gasteiger partial charge in [0.2, 0.25) is 0 Å². The van der Waals surface area contributed by atoms with Gasteiger partial charge in [-0.2, -0.15) is 0 Å². The number of hydrogen-bond donors (Lipinski definition) is 1. The van der Waals surface area contributed by atoms with Crippen molar-refractivity contribution >= 4 is 17.6 Å². The molecule has 1 atom stereocenters. The van der Waals surface area contributed by atoms with E-state index in [2.05, 4.69) is 5.48 Å². The van der Waals surface area contributed by atoms with Gasteiger partial charge in [0.15, 0.2) is 6.29 Å². The van der Waals surface area contributed by atoms with Gasteiger partial charge < -0.3 is 14.4 Å². The fourth-order valence-corrected chi connectivity index (χ4v) is 2.56. The lowest BCUT2D eigenvalue weighted by molar-refractivity contribution is -0.188. The Labute approximate surface area is 134 Å². The minimum absolute atomic E-state index is 0.0448. The molecule has 0 spiro atoms. The lowest BCUT2D eigenvalue weighted by Crippen LogP contribution is -2.59. The fraction of sp³-hybridized carbons (Fsp3) is 0.533. The van der Waals surface area contributed by atoms with Crippen molar-refractivity contribution in [1.82, 2.24) is 10.4 Å². The smallest absolute Gasteiger partial charge is 0.341 e. The standard InChI is InChI=1S/C15H19ClN2O4/c16-12-5-1-2-6-13(12)21-11-9-18(10-11)15(19)17-22-14-7-3-4-8-20-14/h1-2,5-6,11,14H,3-4,7-10H2,(H,17,19)/t14-/m1/s1. The van der Waals surface area contributed by atoms with Gasteiger partial charge in [-0.1, -0.05) is 23.7 Å². The van der Waals surface area contributed by atoms with Crippen molar-refractivity contribution in [1.29, 1.82) is 0 Å². The molecule has 2 heterocycles. The quantitative estimate of drug-likeness (QED) is 0.864. The zero-order valence-corrected chi connectivity index (χ0v) is 12.9. The summed E-state index contributed by atoms with van der Waals surface area (Å²) in [5.41, 5.74) is 2.43. The van der Waals surface area contributed by atoms with E-state index in [0.717, 1.165) is 19.3 Å². The SMILES string of the molecule is O=C(NO[C@@H]1CCCCO1)N1CC(Oc2ccccc2Cl)C1. The molecule has 0 aliphatic carbocycles. The second-order valence-electron chi connectivity index (χ2n) is 5.40. The van der Waals surface area contributed by atoms with Crippen molar-refractivity contribution in [3.05, 3.63) is 29.3 Å². The summed E-state index contributed by atoms with van der Waals surface area (Å²) in [6.07, 6.45) is 2.52. The number of halogens is 1. The van der Waals surface area contributed by atoms with Crippen LogP contribution in [0.4, 0.5) is 4.79 Å². The van der Waals surface area contributed by atoms with Crippen molar-refractivity contribution in [2.24, 2.45) is 0 Å². The maximum Gasteiger partial charge on any atom is 0.341 e. The number of para-hydroxylation sites is 1. The summed E-state index contributed by atoms with van der Waals surface area (Å²) in [4.78, 5) is 18.7. The number of carbonyl (C=O) groups excluding carboxylic acids is 1. The molecule has 2 amide bonds. The number of carbonyl (C=O) groups is 1. The van der Waals surface area contributed by atoms with Gasteiger partial charge in [-0.25, -0.2) is 15.1 Å². The molecule has 22 heavy (non-hydrogen) atoms. The molecule has 120 valence electrons. The molecule has 1 N–H and O–H groups in total. The molecule has 0 unspecified atom stereocenters. The first kappa shape index (κ1) is 15.4. The molecule has 6 nitrogen and oxygen atoms in total. The van der Waals surface area contributed by atoms with Crippen molar-refractivity contribution in [3.8, 4) is 5.75 Å². The number of hydroxylamine groups is 1. The molecule has 0 radical (unpaired) electrons. The fourth-order valence-electron chi connectivity index (χ4n) is 2.38. The molecule has 2 aliphatic rings. The van der Waals surface area contributed by atoms with Crippen LogP contribution >= 0.6 is 11.6 Å². The van der Waals surface area contributed by atoms with Gasteiger partial charge in [-0.05, 0) is 25.0 Å². The Morgan fingerprint density at radius 2 is 2.14 bits per heavy atom. The third kappa shape index (κ3) is 3.82. The molecule has 2 fully saturated rings. The molecule has 1 aromatic carbocycles. The summed E-state index contributed by atoms with van der Waals surface area (Å²) in [5.74, 6) is 0.640. The molecular weight excluding hydrogens is 308 g/mol. The number of rotatable bonds is 4. The van der Waals surface area contributed by atoms with E-state index in [1.807, 2.05) is 18.2 Å². The first-order valence-corrected chi connectivity index (χ1v) is 7.83. The predicted octanol–water partition coefficient (Wildman–Crippen LogP) is 2.57. The number of urea groups is 1. The topological polar surface area (TPSA) is 60.0 Å². The zero-order chi connectivity index (χ0) is 15.4. The van der Waals surface area contributed by atoms with E-state index in [1.54, 1.807) is 11.0 Å². The van der Waals surface area contributed by atoms with Gasteiger partial charge in [0.25, 0.3) is 0 Å². The third-order valence-corrected chi connectivity index (χ3v) is 3.99. The summed E-state index contributed by atoms with van der Waals surface area (Å²) in [7, 11) is 0. The van der Waals surface area contributed by atoms with Crippen molar-refractivity contribution in [3.63, 3.8) is 0 Å². The van der Waals surface area contributed by atoms with E-state index < -0.39 is 0 Å². The highest BCUT2D eigenvalue weighted by Crippen LogP contribution is 2.26. The Hall–Kier alpha value is -1.50. The summed E-state index contributed by atoms with van der Waals surface area (Å²) in [5, 5.41) is 0.572. The second-order valence-corrected chi connectivity index (χ2v) is 5.80. The van der Waals surface area contributed by atoms with Crippen LogP contribution in [0.1, 0.15) is 19.3 Å². The van der Waals surface area contributed by atoms with E-state index >= 15 is 0 Å². The molecule has 2 aliphatic heterocycles. The largest absolute Gasteiger partial charge is 0.485 e. The lowest BCUT2D eigenvalue weighted by atomic mass is 10.2. The van der Waals surface area contributed by atoms with E-state index in [9.17, 15) is 4.79 Å². The molecule has 7 heteroatoms. The first-order chi connectivity index (χ1) is 10.7. The normalized spacial score (nSPS) is 22.0. The maximum atomic E-state index is 11.9. The Kier molecular flexibility index (Phi) is 5.02. The number of nitrogens with zero attached hydrogens (tertiary/aromatic N) is 1. The van der Waals surface area contributed by atoms with Crippen molar-refractivity contribution < 1.29 is 19.1 Å². The average Bonchev–Trinajstić information content (AvgIpc) is 2.51. The second kappa shape index (κ2) is 7.17. The minimum atomic E-state index is -0.339. The highest BCUT2D eigenvalue weighted by molar-refractivity contribution is 6.32. The van der Waals surface area contributed by atoms with Crippen LogP contribution in [0.2, 0.25) is 5.02 Å². The molecular formula is C15H19ClN2O4. The van der Waals surface area contributed by atoms with Crippen LogP contribution < -0.4 is 10.2 Å². The molecule has 0 saturated carbocycles. The summed E-state index contributed by atoms with van der Waals surface area (Å²) in [6, 6.07) is 7.03. The lowest BCUT2D eigenvalue weighted by Gasteiger charge is -2.38. The summed E-state index contributed by atoms with van der Waals surface area (Å²) in [6.45, 7) is 1.69. The number of amides is 2. The van der Waals surface area contributed by atoms with Crippen LogP contribution in [0.15, 0.2) is 24.3 Å². The molecule has 1 aromatic rings. The molecule has 0 bridgehead atoms. The minimum Gasteiger partial charge on any atom is -0.485 e. The first-order valence-electron chi connectivity index (χ1n) is 7.46. The number of likely N-dealkylation sites (tertiary alicyclic amines) is 1. The molecule has 3 rings (SSSR count). The Morgan fingerprint density at radius 3 is 2.86 bits per heavy atom. The van der Waals surface area contributed by atoms with Crippen LogP contribution in [-0.4, -0.2) is 43.0 Å². The van der Waals surface area contributed by atoms with E-state index in [0.29, 0.717) is 30.5 Å². The van der Waals surface area contributed by atoms with E-state index in [4.69, 9.17) is 25.9 Å². The Balaban J connectivity index is 1.37. The number of ether oxygens (including phenoxy) is 2. The van der Waals surface area contributed by atoms with Crippen LogP contribution in [0.3, 0.4) is 0 Å². The number of nitrogens with one attached hydrogen (secondary N) is 1. The van der Waals surface area contributed by atoms with Gasteiger partial charge >= 0.3 is 6.03 Å². The zero-order valence-electron chi connectivity index (χ0n) is 12.2. The predicted molar refractivity (Wildman–Crippen MR) is 80.6 cm³/mol. The Bertz CT molecular complexity index is 516. The molecule has 0 aromatic heterocycles. The van der Waals surface area contributed by atoms with Crippen molar-refractivity contribution in [2.75, 3.05) is 19.7 Å². The monoisotopic (exact) mass is 326 g/mol.